The Morgan fingerprint density at radius 1 is 1.11 bits per heavy atom. The zero-order valence-corrected chi connectivity index (χ0v) is 20.6. The molecule has 182 valence electrons. The fraction of sp³-hybridized carbons (Fsp3) is 0.360. The number of rotatable bonds is 7. The van der Waals surface area contributed by atoms with E-state index in [1.54, 1.807) is 30.3 Å². The highest BCUT2D eigenvalue weighted by Crippen LogP contribution is 2.33. The Hall–Kier alpha value is -3.04. The molecule has 4 aromatic rings. The van der Waals surface area contributed by atoms with Gasteiger partial charge in [0.05, 0.1) is 21.9 Å². The van der Waals surface area contributed by atoms with Crippen LogP contribution in [-0.2, 0) is 4.79 Å². The van der Waals surface area contributed by atoms with Crippen LogP contribution in [0.15, 0.2) is 57.2 Å². The van der Waals surface area contributed by atoms with Gasteiger partial charge >= 0.3 is 5.69 Å². The van der Waals surface area contributed by atoms with E-state index in [9.17, 15) is 14.4 Å². The van der Waals surface area contributed by atoms with Gasteiger partial charge in [-0.25, -0.2) is 9.78 Å². The number of para-hydroxylation sites is 1. The SMILES string of the molecule is O=C(CCSc1nc2ccccc2c(=O)[nH]1)NCC1CCC(n2c(=O)[nH]c3cc(Cl)ccc32)CC1. The fourth-order valence-corrected chi connectivity index (χ4v) is 5.77. The Morgan fingerprint density at radius 3 is 2.74 bits per heavy atom. The molecule has 35 heavy (non-hydrogen) atoms. The number of nitrogens with zero attached hydrogens (tertiary/aromatic N) is 2. The first-order valence-electron chi connectivity index (χ1n) is 11.8. The molecule has 10 heteroatoms. The summed E-state index contributed by atoms with van der Waals surface area (Å²) >= 11 is 7.42. The molecule has 0 radical (unpaired) electrons. The van der Waals surface area contributed by atoms with Crippen molar-refractivity contribution in [2.75, 3.05) is 12.3 Å². The van der Waals surface area contributed by atoms with Crippen LogP contribution in [-0.4, -0.2) is 37.7 Å². The Labute approximate surface area is 210 Å². The first-order valence-corrected chi connectivity index (χ1v) is 13.1. The number of hydrogen-bond donors (Lipinski definition) is 3. The van der Waals surface area contributed by atoms with E-state index in [-0.39, 0.29) is 23.2 Å². The van der Waals surface area contributed by atoms with Gasteiger partial charge in [0.25, 0.3) is 5.56 Å². The molecule has 2 aromatic heterocycles. The van der Waals surface area contributed by atoms with Crippen molar-refractivity contribution >= 4 is 51.2 Å². The summed E-state index contributed by atoms with van der Waals surface area (Å²) in [4.78, 5) is 47.1. The average Bonchev–Trinajstić information content (AvgIpc) is 3.18. The molecule has 0 atom stereocenters. The van der Waals surface area contributed by atoms with Crippen LogP contribution in [0.5, 0.6) is 0 Å². The topological polar surface area (TPSA) is 113 Å². The van der Waals surface area contributed by atoms with Crippen molar-refractivity contribution in [1.82, 2.24) is 24.8 Å². The number of fused-ring (bicyclic) bond motifs is 2. The van der Waals surface area contributed by atoms with Crippen LogP contribution in [0, 0.1) is 5.92 Å². The van der Waals surface area contributed by atoms with Crippen LogP contribution < -0.4 is 16.6 Å². The second-order valence-electron chi connectivity index (χ2n) is 8.93. The second kappa shape index (κ2) is 10.3. The molecule has 1 aliphatic rings. The molecule has 3 N–H and O–H groups in total. The van der Waals surface area contributed by atoms with E-state index in [2.05, 4.69) is 20.3 Å². The van der Waals surface area contributed by atoms with Crippen molar-refractivity contribution < 1.29 is 4.79 Å². The van der Waals surface area contributed by atoms with Crippen molar-refractivity contribution in [2.24, 2.45) is 5.92 Å². The summed E-state index contributed by atoms with van der Waals surface area (Å²) in [5, 5.41) is 4.73. The van der Waals surface area contributed by atoms with Gasteiger partial charge in [0, 0.05) is 29.8 Å². The number of carbonyl (C=O) groups excluding carboxylic acids is 1. The lowest BCUT2D eigenvalue weighted by atomic mass is 9.85. The van der Waals surface area contributed by atoms with Crippen LogP contribution in [0.4, 0.5) is 0 Å². The van der Waals surface area contributed by atoms with Gasteiger partial charge in [0.2, 0.25) is 5.91 Å². The van der Waals surface area contributed by atoms with E-state index in [0.717, 1.165) is 36.7 Å². The number of amides is 1. The molecular formula is C25H26ClN5O3S. The van der Waals surface area contributed by atoms with Crippen LogP contribution in [0.1, 0.15) is 38.1 Å². The summed E-state index contributed by atoms with van der Waals surface area (Å²) in [7, 11) is 0. The quantitative estimate of drug-likeness (QED) is 0.253. The fourth-order valence-electron chi connectivity index (χ4n) is 4.79. The smallest absolute Gasteiger partial charge is 0.326 e. The zero-order chi connectivity index (χ0) is 24.4. The number of aromatic nitrogens is 4. The lowest BCUT2D eigenvalue weighted by Gasteiger charge is -2.29. The molecule has 0 saturated heterocycles. The maximum Gasteiger partial charge on any atom is 0.326 e. The summed E-state index contributed by atoms with van der Waals surface area (Å²) in [5.41, 5.74) is 2.03. The van der Waals surface area contributed by atoms with Crippen LogP contribution in [0.2, 0.25) is 5.02 Å². The predicted octanol–water partition coefficient (Wildman–Crippen LogP) is 4.25. The number of benzene rings is 2. The summed E-state index contributed by atoms with van der Waals surface area (Å²) < 4.78 is 1.85. The van der Waals surface area contributed by atoms with Crippen LogP contribution in [0.25, 0.3) is 21.9 Å². The third-order valence-corrected chi connectivity index (χ3v) is 7.72. The van der Waals surface area contributed by atoms with Crippen molar-refractivity contribution in [2.45, 2.75) is 43.3 Å². The number of aromatic amines is 2. The van der Waals surface area contributed by atoms with Gasteiger partial charge in [-0.2, -0.15) is 0 Å². The number of nitrogens with one attached hydrogen (secondary N) is 3. The van der Waals surface area contributed by atoms with E-state index in [4.69, 9.17) is 11.6 Å². The Kier molecular flexibility index (Phi) is 6.97. The normalized spacial score (nSPS) is 18.2. The van der Waals surface area contributed by atoms with Gasteiger partial charge in [0.1, 0.15) is 0 Å². The first-order chi connectivity index (χ1) is 17.0. The van der Waals surface area contributed by atoms with Gasteiger partial charge in [0.15, 0.2) is 5.16 Å². The molecule has 5 rings (SSSR count). The molecule has 1 amide bonds. The third kappa shape index (κ3) is 5.31. The highest BCUT2D eigenvalue weighted by molar-refractivity contribution is 7.99. The van der Waals surface area contributed by atoms with Gasteiger partial charge < -0.3 is 15.3 Å². The molecule has 0 unspecified atom stereocenters. The predicted molar refractivity (Wildman–Crippen MR) is 139 cm³/mol. The van der Waals surface area contributed by atoms with E-state index in [0.29, 0.717) is 45.7 Å². The van der Waals surface area contributed by atoms with Crippen molar-refractivity contribution in [3.8, 4) is 0 Å². The van der Waals surface area contributed by atoms with E-state index >= 15 is 0 Å². The van der Waals surface area contributed by atoms with Crippen molar-refractivity contribution in [3.05, 3.63) is 68.3 Å². The highest BCUT2D eigenvalue weighted by atomic mass is 35.5. The number of imidazole rings is 1. The number of H-pyrrole nitrogens is 2. The molecule has 1 fully saturated rings. The molecule has 8 nitrogen and oxygen atoms in total. The van der Waals surface area contributed by atoms with E-state index in [1.807, 2.05) is 16.7 Å². The molecule has 0 bridgehead atoms. The number of thioether (sulfide) groups is 1. The van der Waals surface area contributed by atoms with Crippen LogP contribution >= 0.6 is 23.4 Å². The first kappa shape index (κ1) is 23.7. The van der Waals surface area contributed by atoms with Crippen molar-refractivity contribution in [3.63, 3.8) is 0 Å². The van der Waals surface area contributed by atoms with Gasteiger partial charge in [-0.3, -0.25) is 14.2 Å². The summed E-state index contributed by atoms with van der Waals surface area (Å²) in [6.07, 6.45) is 4.05. The monoisotopic (exact) mass is 511 g/mol. The lowest BCUT2D eigenvalue weighted by molar-refractivity contribution is -0.120. The summed E-state index contributed by atoms with van der Waals surface area (Å²) in [5.74, 6) is 0.928. The Balaban J connectivity index is 1.08. The third-order valence-electron chi connectivity index (χ3n) is 6.61. The minimum atomic E-state index is -0.170. The maximum atomic E-state index is 12.5. The highest BCUT2D eigenvalue weighted by Gasteiger charge is 2.25. The number of halogens is 1. The van der Waals surface area contributed by atoms with Crippen LogP contribution in [0.3, 0.4) is 0 Å². The molecular weight excluding hydrogens is 486 g/mol. The number of carbonyl (C=O) groups is 1. The van der Waals surface area contributed by atoms with E-state index in [1.165, 1.54) is 11.8 Å². The molecule has 1 saturated carbocycles. The largest absolute Gasteiger partial charge is 0.356 e. The van der Waals surface area contributed by atoms with Gasteiger partial charge in [-0.15, -0.1) is 0 Å². The Morgan fingerprint density at radius 2 is 1.91 bits per heavy atom. The number of hydrogen-bond acceptors (Lipinski definition) is 5. The zero-order valence-electron chi connectivity index (χ0n) is 19.1. The van der Waals surface area contributed by atoms with Gasteiger partial charge in [-0.05, 0) is 61.9 Å². The second-order valence-corrected chi connectivity index (χ2v) is 10.4. The summed E-state index contributed by atoms with van der Waals surface area (Å²) in [6.45, 7) is 0.639. The summed E-state index contributed by atoms with van der Waals surface area (Å²) in [6, 6.07) is 12.8. The maximum absolute atomic E-state index is 12.5. The minimum absolute atomic E-state index is 0.00696. The molecule has 2 aromatic carbocycles. The molecule has 2 heterocycles. The minimum Gasteiger partial charge on any atom is -0.356 e. The Bertz CT molecular complexity index is 1490. The molecule has 0 spiro atoms. The molecule has 0 aliphatic heterocycles. The van der Waals surface area contributed by atoms with Gasteiger partial charge in [-0.1, -0.05) is 35.5 Å². The van der Waals surface area contributed by atoms with Crippen molar-refractivity contribution in [1.29, 1.82) is 0 Å². The standard InChI is InChI=1S/C25H26ClN5O3S/c26-16-7-10-21-20(13-16)29-25(34)31(21)17-8-5-15(6-9-17)14-27-22(32)11-12-35-24-28-19-4-2-1-3-18(19)23(33)30-24/h1-4,7,10,13,15,17H,5-6,8-9,11-12,14H2,(H,27,32)(H,29,34)(H,28,30,33). The lowest BCUT2D eigenvalue weighted by Crippen LogP contribution is -2.33. The molecule has 1 aliphatic carbocycles. The average molecular weight is 512 g/mol. The van der Waals surface area contributed by atoms with E-state index < -0.39 is 0 Å².